The molecule has 1 atom stereocenters. The average Bonchev–Trinajstić information content (AvgIpc) is 2.68. The van der Waals surface area contributed by atoms with Gasteiger partial charge in [-0.2, -0.15) is 4.31 Å². The molecule has 2 aliphatic heterocycles. The first-order valence-electron chi connectivity index (χ1n) is 9.96. The monoisotopic (exact) mass is 406 g/mol. The number of benzene rings is 1. The molecule has 2 fully saturated rings. The average molecular weight is 407 g/mol. The van der Waals surface area contributed by atoms with Gasteiger partial charge in [0.1, 0.15) is 0 Å². The Balaban J connectivity index is 1.66. The SMILES string of the molecule is O=c1[nH]c(=O)c2cc(S(=O)(=O)N3CCCC[C@@H]3CN3CCCCC3)ccc2[nH]1. The summed E-state index contributed by atoms with van der Waals surface area (Å²) in [5, 5.41) is 0.172. The molecular formula is C19H26N4O4S. The lowest BCUT2D eigenvalue weighted by Crippen LogP contribution is -2.50. The second-order valence-electron chi connectivity index (χ2n) is 7.74. The van der Waals surface area contributed by atoms with E-state index in [-0.39, 0.29) is 16.3 Å². The molecule has 4 rings (SSSR count). The van der Waals surface area contributed by atoms with E-state index in [1.54, 1.807) is 4.31 Å². The first-order chi connectivity index (χ1) is 13.4. The normalized spacial score (nSPS) is 22.5. The minimum Gasteiger partial charge on any atom is -0.307 e. The van der Waals surface area contributed by atoms with Crippen molar-refractivity contribution in [2.45, 2.75) is 49.5 Å². The number of aromatic amines is 2. The number of hydrogen-bond donors (Lipinski definition) is 2. The number of hydrogen-bond acceptors (Lipinski definition) is 5. The summed E-state index contributed by atoms with van der Waals surface area (Å²) >= 11 is 0. The Morgan fingerprint density at radius 2 is 1.71 bits per heavy atom. The van der Waals surface area contributed by atoms with Gasteiger partial charge in [0.2, 0.25) is 10.0 Å². The molecule has 0 amide bonds. The number of nitrogens with zero attached hydrogens (tertiary/aromatic N) is 2. The summed E-state index contributed by atoms with van der Waals surface area (Å²) in [5.41, 5.74) is -0.860. The molecule has 3 heterocycles. The third-order valence-electron chi connectivity index (χ3n) is 5.81. The molecule has 0 saturated carbocycles. The number of piperidine rings is 2. The summed E-state index contributed by atoms with van der Waals surface area (Å²) in [6.07, 6.45) is 6.32. The first-order valence-corrected chi connectivity index (χ1v) is 11.4. The van der Waals surface area contributed by atoms with Crippen molar-refractivity contribution in [3.05, 3.63) is 39.0 Å². The lowest BCUT2D eigenvalue weighted by atomic mass is 10.0. The Hall–Kier alpha value is -1.97. The highest BCUT2D eigenvalue weighted by Gasteiger charge is 2.34. The molecule has 9 heteroatoms. The Labute approximate surface area is 163 Å². The Morgan fingerprint density at radius 1 is 0.964 bits per heavy atom. The van der Waals surface area contributed by atoms with Crippen molar-refractivity contribution in [3.63, 3.8) is 0 Å². The fourth-order valence-corrected chi connectivity index (χ4v) is 6.06. The molecule has 0 spiro atoms. The fourth-order valence-electron chi connectivity index (χ4n) is 4.35. The van der Waals surface area contributed by atoms with Crippen LogP contribution in [0.3, 0.4) is 0 Å². The van der Waals surface area contributed by atoms with Crippen molar-refractivity contribution < 1.29 is 8.42 Å². The zero-order valence-corrected chi connectivity index (χ0v) is 16.6. The van der Waals surface area contributed by atoms with Crippen LogP contribution < -0.4 is 11.2 Å². The van der Waals surface area contributed by atoms with E-state index < -0.39 is 21.3 Å². The molecule has 0 aliphatic carbocycles. The van der Waals surface area contributed by atoms with Crippen LogP contribution in [0, 0.1) is 0 Å². The van der Waals surface area contributed by atoms with Crippen LogP contribution in [0.1, 0.15) is 38.5 Å². The summed E-state index contributed by atoms with van der Waals surface area (Å²) in [4.78, 5) is 30.7. The van der Waals surface area contributed by atoms with Gasteiger partial charge in [-0.05, 0) is 57.0 Å². The highest BCUT2D eigenvalue weighted by Crippen LogP contribution is 2.27. The Morgan fingerprint density at radius 3 is 2.50 bits per heavy atom. The van der Waals surface area contributed by atoms with Gasteiger partial charge in [-0.1, -0.05) is 12.8 Å². The van der Waals surface area contributed by atoms with Gasteiger partial charge < -0.3 is 9.88 Å². The van der Waals surface area contributed by atoms with Gasteiger partial charge in [0.25, 0.3) is 5.56 Å². The van der Waals surface area contributed by atoms with Gasteiger partial charge in [0.05, 0.1) is 15.8 Å². The standard InChI is InChI=1S/C19H26N4O4S/c24-18-16-12-15(7-8-17(16)20-19(25)21-18)28(26,27)23-11-5-2-6-14(23)13-22-9-3-1-4-10-22/h7-8,12,14H,1-6,9-11,13H2,(H2,20,21,24,25)/t14-/m1/s1. The van der Waals surface area contributed by atoms with E-state index in [1.807, 2.05) is 0 Å². The van der Waals surface area contributed by atoms with Crippen LogP contribution >= 0.6 is 0 Å². The molecule has 152 valence electrons. The zero-order chi connectivity index (χ0) is 19.7. The number of sulfonamides is 1. The van der Waals surface area contributed by atoms with E-state index in [0.717, 1.165) is 38.9 Å². The van der Waals surface area contributed by atoms with Crippen LogP contribution in [-0.2, 0) is 10.0 Å². The van der Waals surface area contributed by atoms with Crippen molar-refractivity contribution >= 4 is 20.9 Å². The van der Waals surface area contributed by atoms with Crippen molar-refractivity contribution in [1.82, 2.24) is 19.2 Å². The minimum atomic E-state index is -3.72. The van der Waals surface area contributed by atoms with Crippen molar-refractivity contribution in [1.29, 1.82) is 0 Å². The van der Waals surface area contributed by atoms with E-state index in [2.05, 4.69) is 14.9 Å². The summed E-state index contributed by atoms with van der Waals surface area (Å²) in [5.74, 6) is 0. The van der Waals surface area contributed by atoms with Crippen molar-refractivity contribution in [2.75, 3.05) is 26.2 Å². The van der Waals surface area contributed by atoms with Crippen LogP contribution in [0.25, 0.3) is 10.9 Å². The molecule has 2 aromatic rings. The smallest absolute Gasteiger partial charge is 0.307 e. The predicted molar refractivity (Wildman–Crippen MR) is 107 cm³/mol. The molecule has 0 radical (unpaired) electrons. The maximum absolute atomic E-state index is 13.4. The number of likely N-dealkylation sites (tertiary alicyclic amines) is 1. The second-order valence-corrected chi connectivity index (χ2v) is 9.63. The highest BCUT2D eigenvalue weighted by atomic mass is 32.2. The van der Waals surface area contributed by atoms with E-state index in [4.69, 9.17) is 0 Å². The van der Waals surface area contributed by atoms with Gasteiger partial charge in [0, 0.05) is 19.1 Å². The van der Waals surface area contributed by atoms with Crippen molar-refractivity contribution in [2.24, 2.45) is 0 Å². The van der Waals surface area contributed by atoms with Crippen LogP contribution in [0.15, 0.2) is 32.7 Å². The van der Waals surface area contributed by atoms with Crippen LogP contribution in [0.4, 0.5) is 0 Å². The maximum atomic E-state index is 13.4. The van der Waals surface area contributed by atoms with E-state index in [9.17, 15) is 18.0 Å². The van der Waals surface area contributed by atoms with Crippen LogP contribution in [0.2, 0.25) is 0 Å². The van der Waals surface area contributed by atoms with Crippen LogP contribution in [0.5, 0.6) is 0 Å². The maximum Gasteiger partial charge on any atom is 0.326 e. The Kier molecular flexibility index (Phi) is 5.39. The molecule has 2 aliphatic rings. The minimum absolute atomic E-state index is 0.0404. The zero-order valence-electron chi connectivity index (χ0n) is 15.8. The first kappa shape index (κ1) is 19.4. The van der Waals surface area contributed by atoms with E-state index >= 15 is 0 Å². The number of H-pyrrole nitrogens is 2. The number of aromatic nitrogens is 2. The summed E-state index contributed by atoms with van der Waals surface area (Å²) in [6.45, 7) is 3.33. The highest BCUT2D eigenvalue weighted by molar-refractivity contribution is 7.89. The van der Waals surface area contributed by atoms with E-state index in [1.165, 1.54) is 37.5 Å². The largest absolute Gasteiger partial charge is 0.326 e. The van der Waals surface area contributed by atoms with Gasteiger partial charge >= 0.3 is 5.69 Å². The lowest BCUT2D eigenvalue weighted by molar-refractivity contribution is 0.150. The van der Waals surface area contributed by atoms with Crippen molar-refractivity contribution in [3.8, 4) is 0 Å². The van der Waals surface area contributed by atoms with Gasteiger partial charge in [0.15, 0.2) is 0 Å². The number of nitrogens with one attached hydrogen (secondary N) is 2. The predicted octanol–water partition coefficient (Wildman–Crippen LogP) is 1.25. The molecule has 0 bridgehead atoms. The second kappa shape index (κ2) is 7.81. The molecule has 1 aromatic carbocycles. The molecule has 8 nitrogen and oxygen atoms in total. The quantitative estimate of drug-likeness (QED) is 0.795. The van der Waals surface area contributed by atoms with Gasteiger partial charge in [-0.3, -0.25) is 9.78 Å². The fraction of sp³-hybridized carbons (Fsp3) is 0.579. The molecule has 28 heavy (non-hydrogen) atoms. The topological polar surface area (TPSA) is 106 Å². The molecule has 2 N–H and O–H groups in total. The molecule has 0 unspecified atom stereocenters. The lowest BCUT2D eigenvalue weighted by Gasteiger charge is -2.38. The van der Waals surface area contributed by atoms with Crippen LogP contribution in [-0.4, -0.2) is 59.8 Å². The molecule has 2 saturated heterocycles. The summed E-state index contributed by atoms with van der Waals surface area (Å²) in [6, 6.07) is 4.29. The van der Waals surface area contributed by atoms with Gasteiger partial charge in [-0.25, -0.2) is 13.2 Å². The molecular weight excluding hydrogens is 380 g/mol. The summed E-state index contributed by atoms with van der Waals surface area (Å²) < 4.78 is 28.4. The summed E-state index contributed by atoms with van der Waals surface area (Å²) in [7, 11) is -3.72. The Bertz CT molecular complexity index is 1070. The number of fused-ring (bicyclic) bond motifs is 1. The third kappa shape index (κ3) is 3.78. The third-order valence-corrected chi connectivity index (χ3v) is 7.76. The van der Waals surface area contributed by atoms with E-state index in [0.29, 0.717) is 12.1 Å². The molecule has 1 aromatic heterocycles. The van der Waals surface area contributed by atoms with Gasteiger partial charge in [-0.15, -0.1) is 0 Å². The number of rotatable bonds is 4.